The van der Waals surface area contributed by atoms with E-state index in [1.807, 2.05) is 12.1 Å². The van der Waals surface area contributed by atoms with Gasteiger partial charge in [-0.15, -0.1) is 34.2 Å². The topological polar surface area (TPSA) is 83.5 Å². The fraction of sp³-hybridized carbons (Fsp3) is 0.611. The van der Waals surface area contributed by atoms with E-state index in [0.29, 0.717) is 0 Å². The van der Waals surface area contributed by atoms with Gasteiger partial charge in [-0.2, -0.15) is 0 Å². The number of aryl methyl sites for hydroxylation is 1. The first-order valence-electron chi connectivity index (χ1n) is 9.32. The molecule has 0 saturated carbocycles. The van der Waals surface area contributed by atoms with Gasteiger partial charge in [-0.25, -0.2) is 0 Å². The molecule has 9 heteroatoms. The highest BCUT2D eigenvalue weighted by Gasteiger charge is 2.20. The molecule has 2 N–H and O–H groups in total. The third-order valence-electron chi connectivity index (χ3n) is 4.47. The first kappa shape index (κ1) is 23.4. The molecule has 1 atom stereocenters. The zero-order valence-corrected chi connectivity index (χ0v) is 19.0. The smallest absolute Gasteiger partial charge is 0.191 e. The molecule has 27 heavy (non-hydrogen) atoms. The highest BCUT2D eigenvalue weighted by atomic mass is 127. The van der Waals surface area contributed by atoms with Gasteiger partial charge in [0.15, 0.2) is 5.96 Å². The van der Waals surface area contributed by atoms with Gasteiger partial charge in [0.1, 0.15) is 17.9 Å². The summed E-state index contributed by atoms with van der Waals surface area (Å²) in [6.07, 6.45) is 4.37. The van der Waals surface area contributed by atoms with E-state index in [0.717, 1.165) is 56.7 Å². The number of hydrogen-bond acceptors (Lipinski definition) is 5. The lowest BCUT2D eigenvalue weighted by Crippen LogP contribution is -2.44. The van der Waals surface area contributed by atoms with E-state index in [-0.39, 0.29) is 30.0 Å². The molecule has 2 heterocycles. The summed E-state index contributed by atoms with van der Waals surface area (Å²) in [5.41, 5.74) is 0. The maximum absolute atomic E-state index is 5.64. The predicted molar refractivity (Wildman–Crippen MR) is 119 cm³/mol. The highest BCUT2D eigenvalue weighted by Crippen LogP contribution is 2.20. The molecule has 0 spiro atoms. The molecule has 0 amide bonds. The Labute approximate surface area is 178 Å². The summed E-state index contributed by atoms with van der Waals surface area (Å²) in [7, 11) is 1.78. The monoisotopic (exact) mass is 489 g/mol. The van der Waals surface area contributed by atoms with Crippen LogP contribution in [-0.4, -0.2) is 58.9 Å². The van der Waals surface area contributed by atoms with Crippen molar-refractivity contribution in [2.75, 3.05) is 33.2 Å². The Morgan fingerprint density at radius 3 is 2.67 bits per heavy atom. The normalized spacial score (nSPS) is 12.7. The second-order valence-corrected chi connectivity index (χ2v) is 5.93. The first-order valence-corrected chi connectivity index (χ1v) is 9.32. The van der Waals surface area contributed by atoms with Crippen molar-refractivity contribution in [2.45, 2.75) is 39.8 Å². The zero-order valence-electron chi connectivity index (χ0n) is 16.7. The standard InChI is InChI=1S/C18H31N7O.HI/c1-5-17-23-22-14-25(17)11-10-20-18(19-4)21-13-15(24(6-2)7-3)16-9-8-12-26-16;/h8-9,12,14-15H,5-7,10-11,13H2,1-4H3,(H2,19,20,21);1H. The third-order valence-corrected chi connectivity index (χ3v) is 4.47. The van der Waals surface area contributed by atoms with E-state index >= 15 is 0 Å². The van der Waals surface area contributed by atoms with Gasteiger partial charge in [0.05, 0.1) is 12.3 Å². The van der Waals surface area contributed by atoms with Crippen LogP contribution in [0.3, 0.4) is 0 Å². The molecule has 8 nitrogen and oxygen atoms in total. The van der Waals surface area contributed by atoms with Crippen molar-refractivity contribution in [1.29, 1.82) is 0 Å². The Balaban J connectivity index is 0.00000364. The average Bonchev–Trinajstić information content (AvgIpc) is 3.35. The Bertz CT molecular complexity index is 652. The van der Waals surface area contributed by atoms with Crippen LogP contribution in [0.4, 0.5) is 0 Å². The number of nitrogens with zero attached hydrogens (tertiary/aromatic N) is 5. The van der Waals surface area contributed by atoms with E-state index in [1.165, 1.54) is 0 Å². The minimum absolute atomic E-state index is 0. The van der Waals surface area contributed by atoms with Crippen molar-refractivity contribution in [1.82, 2.24) is 30.3 Å². The zero-order chi connectivity index (χ0) is 18.8. The molecule has 0 aliphatic heterocycles. The van der Waals surface area contributed by atoms with Crippen LogP contribution in [0.2, 0.25) is 0 Å². The van der Waals surface area contributed by atoms with E-state index in [1.54, 1.807) is 19.6 Å². The Hall–Kier alpha value is -1.62. The van der Waals surface area contributed by atoms with Gasteiger partial charge in [-0.1, -0.05) is 20.8 Å². The summed E-state index contributed by atoms with van der Waals surface area (Å²) in [5.74, 6) is 2.74. The lowest BCUT2D eigenvalue weighted by atomic mass is 10.2. The molecule has 152 valence electrons. The van der Waals surface area contributed by atoms with Crippen LogP contribution < -0.4 is 10.6 Å². The summed E-state index contributed by atoms with van der Waals surface area (Å²) in [4.78, 5) is 6.68. The van der Waals surface area contributed by atoms with Crippen LogP contribution >= 0.6 is 24.0 Å². The van der Waals surface area contributed by atoms with E-state index < -0.39 is 0 Å². The molecule has 2 aromatic rings. The molecule has 0 bridgehead atoms. The number of aliphatic imine (C=N–C) groups is 1. The maximum atomic E-state index is 5.64. The van der Waals surface area contributed by atoms with Crippen molar-refractivity contribution in [3.8, 4) is 0 Å². The quantitative estimate of drug-likeness (QED) is 0.303. The van der Waals surface area contributed by atoms with Gasteiger partial charge in [0.25, 0.3) is 0 Å². The maximum Gasteiger partial charge on any atom is 0.191 e. The largest absolute Gasteiger partial charge is 0.468 e. The van der Waals surface area contributed by atoms with Crippen molar-refractivity contribution in [3.63, 3.8) is 0 Å². The minimum atomic E-state index is 0. The second-order valence-electron chi connectivity index (χ2n) is 5.93. The van der Waals surface area contributed by atoms with Crippen LogP contribution in [0.25, 0.3) is 0 Å². The summed E-state index contributed by atoms with van der Waals surface area (Å²) >= 11 is 0. The summed E-state index contributed by atoms with van der Waals surface area (Å²) in [6, 6.07) is 4.13. The number of furan rings is 1. The molecule has 2 rings (SSSR count). The van der Waals surface area contributed by atoms with Crippen molar-refractivity contribution >= 4 is 29.9 Å². The number of rotatable bonds is 10. The van der Waals surface area contributed by atoms with E-state index in [9.17, 15) is 0 Å². The van der Waals surface area contributed by atoms with Gasteiger partial charge in [0, 0.05) is 33.1 Å². The fourth-order valence-corrected chi connectivity index (χ4v) is 3.00. The molecule has 2 aromatic heterocycles. The minimum Gasteiger partial charge on any atom is -0.468 e. The number of guanidine groups is 1. The van der Waals surface area contributed by atoms with Gasteiger partial charge >= 0.3 is 0 Å². The van der Waals surface area contributed by atoms with Crippen molar-refractivity contribution in [2.24, 2.45) is 4.99 Å². The van der Waals surface area contributed by atoms with Crippen LogP contribution in [0, 0.1) is 0 Å². The SMILES string of the molecule is CCc1nncn1CCNC(=NC)NCC(c1ccco1)N(CC)CC.I. The molecule has 0 aliphatic rings. The molecule has 0 aliphatic carbocycles. The molecule has 0 aromatic carbocycles. The average molecular weight is 489 g/mol. The lowest BCUT2D eigenvalue weighted by Gasteiger charge is -2.28. The van der Waals surface area contributed by atoms with Crippen LogP contribution in [0.15, 0.2) is 34.1 Å². The van der Waals surface area contributed by atoms with Crippen molar-refractivity contribution in [3.05, 3.63) is 36.3 Å². The molecular formula is C18H32IN7O. The Morgan fingerprint density at radius 2 is 2.07 bits per heavy atom. The number of nitrogens with one attached hydrogen (secondary N) is 2. The molecule has 0 radical (unpaired) electrons. The summed E-state index contributed by atoms with van der Waals surface area (Å²) in [5, 5.41) is 14.8. The molecule has 1 unspecified atom stereocenters. The fourth-order valence-electron chi connectivity index (χ4n) is 3.00. The molecule has 0 fully saturated rings. The van der Waals surface area contributed by atoms with Gasteiger partial charge in [-0.3, -0.25) is 9.89 Å². The summed E-state index contributed by atoms with van der Waals surface area (Å²) in [6.45, 7) is 10.6. The highest BCUT2D eigenvalue weighted by molar-refractivity contribution is 14.0. The van der Waals surface area contributed by atoms with Gasteiger partial charge in [-0.05, 0) is 25.2 Å². The van der Waals surface area contributed by atoms with Crippen molar-refractivity contribution < 1.29 is 4.42 Å². The number of aromatic nitrogens is 3. The third kappa shape index (κ3) is 6.80. The van der Waals surface area contributed by atoms with Crippen LogP contribution in [0.1, 0.15) is 38.4 Å². The summed E-state index contributed by atoms with van der Waals surface area (Å²) < 4.78 is 7.70. The van der Waals surface area contributed by atoms with Crippen LogP contribution in [-0.2, 0) is 13.0 Å². The van der Waals surface area contributed by atoms with Gasteiger partial charge < -0.3 is 19.6 Å². The van der Waals surface area contributed by atoms with E-state index in [2.05, 4.69) is 56.1 Å². The second kappa shape index (κ2) is 12.7. The number of hydrogen-bond donors (Lipinski definition) is 2. The van der Waals surface area contributed by atoms with E-state index in [4.69, 9.17) is 4.42 Å². The van der Waals surface area contributed by atoms with Gasteiger partial charge in [0.2, 0.25) is 0 Å². The predicted octanol–water partition coefficient (Wildman–Crippen LogP) is 2.30. The van der Waals surface area contributed by atoms with Crippen LogP contribution in [0.5, 0.6) is 0 Å². The lowest BCUT2D eigenvalue weighted by molar-refractivity contribution is 0.193. The number of halogens is 1. The Kier molecular flexibility index (Phi) is 11.0. The Morgan fingerprint density at radius 1 is 1.30 bits per heavy atom. The molecule has 0 saturated heterocycles. The number of likely N-dealkylation sites (N-methyl/N-ethyl adjacent to an activating group) is 1. The molecular weight excluding hydrogens is 457 g/mol. The first-order chi connectivity index (χ1) is 12.7.